The largest absolute Gasteiger partial charge is 0.490 e. The average molecular weight is 714 g/mol. The van der Waals surface area contributed by atoms with E-state index in [1.54, 1.807) is 9.91 Å². The predicted molar refractivity (Wildman–Crippen MR) is 179 cm³/mol. The standard InChI is InChI=1S/C31H41N11O2.C2HF3O2/c1-37-12-16-39(17-13-37)21-23-8-10-24(11-9-23)30(43)42(25-6-4-3-5-7-25)36-28-27-29(35-26(20-32)34-28)41(22-33-27)31(44)40-18-14-38(2)15-19-40;3-2(4,5)1(6)7/h8-11,22,25H,3-7,12-19,21H2,1-2H3,(H,34,35,36);(H,6,7). The molecule has 0 atom stereocenters. The fraction of sp³-hybridized carbons (Fsp3) is 0.545. The summed E-state index contributed by atoms with van der Waals surface area (Å²) in [6, 6.07) is 9.57. The maximum Gasteiger partial charge on any atom is 0.490 e. The number of hydrogen-bond donors (Lipinski definition) is 2. The summed E-state index contributed by atoms with van der Waals surface area (Å²) in [5, 5.41) is 18.5. The molecule has 18 heteroatoms. The number of amides is 2. The third-order valence-corrected chi connectivity index (χ3v) is 9.31. The average Bonchev–Trinajstić information content (AvgIpc) is 3.56. The predicted octanol–water partition coefficient (Wildman–Crippen LogP) is 3.10. The molecule has 3 fully saturated rings. The summed E-state index contributed by atoms with van der Waals surface area (Å²) < 4.78 is 33.1. The van der Waals surface area contributed by atoms with Crippen LogP contribution < -0.4 is 5.43 Å². The van der Waals surface area contributed by atoms with Gasteiger partial charge in [0.05, 0.1) is 6.04 Å². The number of aliphatic carboxylic acids is 1. The fourth-order valence-corrected chi connectivity index (χ4v) is 6.24. The number of hydrazine groups is 1. The van der Waals surface area contributed by atoms with E-state index in [2.05, 4.69) is 42.1 Å². The van der Waals surface area contributed by atoms with E-state index in [-0.39, 0.29) is 35.3 Å². The van der Waals surface area contributed by atoms with Crippen LogP contribution in [0, 0.1) is 11.3 Å². The van der Waals surface area contributed by atoms with Crippen molar-refractivity contribution >= 4 is 34.9 Å². The number of imidazole rings is 1. The molecule has 2 amide bonds. The fourth-order valence-electron chi connectivity index (χ4n) is 6.24. The Morgan fingerprint density at radius 3 is 2.10 bits per heavy atom. The van der Waals surface area contributed by atoms with Gasteiger partial charge in [-0.3, -0.25) is 15.1 Å². The summed E-state index contributed by atoms with van der Waals surface area (Å²) in [7, 11) is 4.18. The van der Waals surface area contributed by atoms with Gasteiger partial charge in [-0.25, -0.2) is 24.1 Å². The normalized spacial score (nSPS) is 18.1. The van der Waals surface area contributed by atoms with Crippen molar-refractivity contribution in [1.29, 1.82) is 5.26 Å². The molecular weight excluding hydrogens is 671 g/mol. The molecule has 0 bridgehead atoms. The van der Waals surface area contributed by atoms with Crippen LogP contribution in [0.1, 0.15) is 53.8 Å². The van der Waals surface area contributed by atoms with Crippen molar-refractivity contribution in [3.63, 3.8) is 0 Å². The number of carboxylic acids is 1. The highest BCUT2D eigenvalue weighted by atomic mass is 19.4. The zero-order chi connectivity index (χ0) is 36.7. The van der Waals surface area contributed by atoms with Crippen molar-refractivity contribution in [1.82, 2.24) is 44.1 Å². The zero-order valence-corrected chi connectivity index (χ0v) is 28.6. The number of aromatic nitrogens is 4. The molecule has 0 unspecified atom stereocenters. The van der Waals surface area contributed by atoms with Gasteiger partial charge in [0.1, 0.15) is 12.4 Å². The number of nitriles is 1. The number of carbonyl (C=O) groups excluding carboxylic acids is 2. The van der Waals surface area contributed by atoms with E-state index in [0.717, 1.165) is 77.9 Å². The van der Waals surface area contributed by atoms with Crippen LogP contribution >= 0.6 is 0 Å². The Kier molecular flexibility index (Phi) is 12.1. The molecule has 0 radical (unpaired) electrons. The first-order chi connectivity index (χ1) is 24.3. The van der Waals surface area contributed by atoms with Crippen molar-refractivity contribution in [3.05, 3.63) is 47.5 Å². The second-order valence-corrected chi connectivity index (χ2v) is 13.0. The third kappa shape index (κ3) is 9.48. The lowest BCUT2D eigenvalue weighted by Gasteiger charge is -2.35. The number of piperazine rings is 2. The number of alkyl halides is 3. The number of halogens is 3. The van der Waals surface area contributed by atoms with E-state index in [1.807, 2.05) is 37.4 Å². The number of fused-ring (bicyclic) bond motifs is 1. The maximum atomic E-state index is 14.1. The van der Waals surface area contributed by atoms with Gasteiger partial charge in [-0.2, -0.15) is 28.4 Å². The number of rotatable bonds is 6. The minimum absolute atomic E-state index is 0.0501. The van der Waals surface area contributed by atoms with Crippen molar-refractivity contribution in [2.45, 2.75) is 50.9 Å². The Balaban J connectivity index is 0.000000654. The number of anilines is 1. The van der Waals surface area contributed by atoms with Crippen molar-refractivity contribution < 1.29 is 32.7 Å². The minimum Gasteiger partial charge on any atom is -0.475 e. The molecule has 2 aliphatic heterocycles. The molecule has 2 saturated heterocycles. The summed E-state index contributed by atoms with van der Waals surface area (Å²) in [5.74, 6) is -2.78. The van der Waals surface area contributed by atoms with Crippen LogP contribution in [0.4, 0.5) is 23.8 Å². The van der Waals surface area contributed by atoms with E-state index in [9.17, 15) is 28.0 Å². The smallest absolute Gasteiger partial charge is 0.475 e. The first-order valence-corrected chi connectivity index (χ1v) is 16.9. The van der Waals surface area contributed by atoms with Crippen LogP contribution in [-0.4, -0.2) is 146 Å². The Labute approximate surface area is 293 Å². The van der Waals surface area contributed by atoms with Gasteiger partial charge >= 0.3 is 18.2 Å². The Hall–Kier alpha value is -4.86. The number of benzene rings is 1. The lowest BCUT2D eigenvalue weighted by Crippen LogP contribution is -2.48. The number of nitrogens with one attached hydrogen (secondary N) is 1. The first kappa shape index (κ1) is 37.4. The highest BCUT2D eigenvalue weighted by molar-refractivity contribution is 5.97. The molecule has 3 aliphatic rings. The van der Waals surface area contributed by atoms with Crippen molar-refractivity contribution in [2.24, 2.45) is 0 Å². The summed E-state index contributed by atoms with van der Waals surface area (Å²) in [6.45, 7) is 7.78. The Morgan fingerprint density at radius 1 is 0.941 bits per heavy atom. The van der Waals surface area contributed by atoms with Gasteiger partial charge in [0.2, 0.25) is 5.82 Å². The lowest BCUT2D eigenvalue weighted by molar-refractivity contribution is -0.192. The monoisotopic (exact) mass is 713 g/mol. The third-order valence-electron chi connectivity index (χ3n) is 9.31. The van der Waals surface area contributed by atoms with Crippen LogP contribution in [0.25, 0.3) is 11.2 Å². The first-order valence-electron chi connectivity index (χ1n) is 16.9. The molecule has 2 N–H and O–H groups in total. The Morgan fingerprint density at radius 2 is 1.53 bits per heavy atom. The van der Waals surface area contributed by atoms with Crippen LogP contribution in [0.2, 0.25) is 0 Å². The van der Waals surface area contributed by atoms with Gasteiger partial charge in [-0.1, -0.05) is 31.4 Å². The molecule has 15 nitrogen and oxygen atoms in total. The maximum absolute atomic E-state index is 14.1. The molecule has 1 saturated carbocycles. The van der Waals surface area contributed by atoms with E-state index in [0.29, 0.717) is 24.2 Å². The second kappa shape index (κ2) is 16.4. The van der Waals surface area contributed by atoms with Crippen LogP contribution in [0.3, 0.4) is 0 Å². The highest BCUT2D eigenvalue weighted by Crippen LogP contribution is 2.27. The van der Waals surface area contributed by atoms with Gasteiger partial charge in [0, 0.05) is 64.5 Å². The molecule has 2 aromatic heterocycles. The highest BCUT2D eigenvalue weighted by Gasteiger charge is 2.38. The number of likely N-dealkylation sites (N-methyl/N-ethyl adjacent to an activating group) is 2. The summed E-state index contributed by atoms with van der Waals surface area (Å²) in [4.78, 5) is 58.3. The number of nitrogens with zero attached hydrogens (tertiary/aromatic N) is 10. The quantitative estimate of drug-likeness (QED) is 0.359. The Bertz CT molecular complexity index is 1720. The molecule has 0 spiro atoms. The van der Waals surface area contributed by atoms with Crippen LogP contribution in [-0.2, 0) is 11.3 Å². The number of carboxylic acid groups (broad SMARTS) is 1. The minimum atomic E-state index is -5.08. The molecule has 1 aliphatic carbocycles. The lowest BCUT2D eigenvalue weighted by atomic mass is 9.94. The van der Waals surface area contributed by atoms with E-state index < -0.39 is 12.1 Å². The summed E-state index contributed by atoms with van der Waals surface area (Å²) >= 11 is 0. The molecule has 4 heterocycles. The summed E-state index contributed by atoms with van der Waals surface area (Å²) in [6.07, 6.45) is 1.24. The van der Waals surface area contributed by atoms with Gasteiger partial charge in [0.15, 0.2) is 17.0 Å². The SMILES string of the molecule is CN1CCN(Cc2ccc(C(=O)N(Nc3nc(C#N)nc4c3ncn4C(=O)N3CCN(C)CC3)C3CCCCC3)cc2)CC1.O=C(O)C(F)(F)F. The molecule has 6 rings (SSSR count). The van der Waals surface area contributed by atoms with E-state index in [1.165, 1.54) is 16.5 Å². The molecule has 1 aromatic carbocycles. The van der Waals surface area contributed by atoms with Gasteiger partial charge in [-0.05, 0) is 44.6 Å². The molecular formula is C33H42F3N11O4. The molecule has 274 valence electrons. The molecule has 3 aromatic rings. The zero-order valence-electron chi connectivity index (χ0n) is 28.6. The number of carbonyl (C=O) groups is 3. The van der Waals surface area contributed by atoms with Gasteiger partial charge in [-0.15, -0.1) is 0 Å². The van der Waals surface area contributed by atoms with Crippen LogP contribution in [0.15, 0.2) is 30.6 Å². The van der Waals surface area contributed by atoms with E-state index >= 15 is 0 Å². The summed E-state index contributed by atoms with van der Waals surface area (Å²) in [5.41, 5.74) is 5.58. The second-order valence-electron chi connectivity index (χ2n) is 13.0. The molecule has 51 heavy (non-hydrogen) atoms. The topological polar surface area (TPSA) is 167 Å². The van der Waals surface area contributed by atoms with E-state index in [4.69, 9.17) is 9.90 Å². The van der Waals surface area contributed by atoms with Gasteiger partial charge < -0.3 is 19.8 Å². The van der Waals surface area contributed by atoms with Gasteiger partial charge in [0.25, 0.3) is 5.91 Å². The number of hydrogen-bond acceptors (Lipinski definition) is 11. The van der Waals surface area contributed by atoms with Crippen LogP contribution in [0.5, 0.6) is 0 Å². The van der Waals surface area contributed by atoms with Crippen molar-refractivity contribution in [2.75, 3.05) is 71.9 Å². The van der Waals surface area contributed by atoms with Crippen molar-refractivity contribution in [3.8, 4) is 6.07 Å².